The number of amides is 2. The summed E-state index contributed by atoms with van der Waals surface area (Å²) in [4.78, 5) is 55.2. The van der Waals surface area contributed by atoms with Gasteiger partial charge in [0.2, 0.25) is 5.91 Å². The number of H-pyrrole nitrogens is 2. The van der Waals surface area contributed by atoms with E-state index in [0.717, 1.165) is 0 Å². The van der Waals surface area contributed by atoms with E-state index in [9.17, 15) is 19.2 Å². The van der Waals surface area contributed by atoms with E-state index in [2.05, 4.69) is 20.6 Å². The molecule has 0 atom stereocenters. The van der Waals surface area contributed by atoms with Crippen molar-refractivity contribution in [2.24, 2.45) is 0 Å². The van der Waals surface area contributed by atoms with Gasteiger partial charge in [-0.1, -0.05) is 11.6 Å². The first-order chi connectivity index (χ1) is 12.4. The van der Waals surface area contributed by atoms with Crippen LogP contribution in [-0.4, -0.2) is 33.3 Å². The Morgan fingerprint density at radius 2 is 1.85 bits per heavy atom. The molecule has 9 nitrogen and oxygen atoms in total. The van der Waals surface area contributed by atoms with E-state index < -0.39 is 23.1 Å². The Balaban J connectivity index is 1.67. The smallest absolute Gasteiger partial charge is 0.327 e. The number of hydrogen-bond acceptors (Lipinski definition) is 5. The fraction of sp³-hybridized carbons (Fsp3) is 0.0625. The molecule has 0 fully saturated rings. The van der Waals surface area contributed by atoms with Gasteiger partial charge in [0.15, 0.2) is 0 Å². The Morgan fingerprint density at radius 3 is 2.58 bits per heavy atom. The minimum absolute atomic E-state index is 0.0582. The summed E-state index contributed by atoms with van der Waals surface area (Å²) in [5, 5.41) is 5.62. The average molecular weight is 374 g/mol. The highest BCUT2D eigenvalue weighted by Gasteiger charge is 2.11. The van der Waals surface area contributed by atoms with Crippen LogP contribution in [0.4, 0.5) is 5.69 Å². The molecule has 0 bridgehead atoms. The van der Waals surface area contributed by atoms with Gasteiger partial charge >= 0.3 is 5.69 Å². The fourth-order valence-electron chi connectivity index (χ4n) is 2.17. The number of halogens is 1. The quantitative estimate of drug-likeness (QED) is 0.531. The monoisotopic (exact) mass is 373 g/mol. The van der Waals surface area contributed by atoms with Gasteiger partial charge in [-0.3, -0.25) is 24.4 Å². The minimum Gasteiger partial charge on any atom is -0.343 e. The highest BCUT2D eigenvalue weighted by atomic mass is 35.5. The molecule has 0 aliphatic carbocycles. The Morgan fingerprint density at radius 1 is 1.12 bits per heavy atom. The molecule has 0 saturated heterocycles. The third-order valence-electron chi connectivity index (χ3n) is 3.39. The molecule has 2 aromatic heterocycles. The summed E-state index contributed by atoms with van der Waals surface area (Å²) in [7, 11) is 0. The number of anilines is 1. The van der Waals surface area contributed by atoms with E-state index in [1.807, 2.05) is 4.98 Å². The minimum atomic E-state index is -0.689. The molecule has 0 spiro atoms. The number of carbonyl (C=O) groups excluding carboxylic acids is 2. The number of pyridine rings is 1. The second-order valence-corrected chi connectivity index (χ2v) is 5.70. The van der Waals surface area contributed by atoms with Crippen molar-refractivity contribution in [2.45, 2.75) is 0 Å². The lowest BCUT2D eigenvalue weighted by Gasteiger charge is -2.07. The standard InChI is InChI=1S/C16H12ClN5O4/c17-9-1-3-10(4-2-9)20-12(23)7-19-14(24)8-5-11-13(18-6-8)21-16(26)22-15(11)25/h1-6H,7H2,(H,19,24)(H,20,23)(H2,18,21,22,25,26). The summed E-state index contributed by atoms with van der Waals surface area (Å²) in [5.41, 5.74) is -0.668. The summed E-state index contributed by atoms with van der Waals surface area (Å²) in [6.45, 7) is -0.276. The molecule has 0 aliphatic heterocycles. The first-order valence-electron chi connectivity index (χ1n) is 7.38. The van der Waals surface area contributed by atoms with Crippen molar-refractivity contribution in [3.05, 3.63) is 68.0 Å². The largest absolute Gasteiger partial charge is 0.343 e. The molecule has 4 N–H and O–H groups in total. The second-order valence-electron chi connectivity index (χ2n) is 5.27. The van der Waals surface area contributed by atoms with Gasteiger partial charge in [-0.25, -0.2) is 9.78 Å². The number of carbonyl (C=O) groups is 2. The number of fused-ring (bicyclic) bond motifs is 1. The molecule has 0 aliphatic rings. The molecule has 2 amide bonds. The van der Waals surface area contributed by atoms with Crippen LogP contribution in [0.2, 0.25) is 5.02 Å². The zero-order valence-electron chi connectivity index (χ0n) is 13.1. The molecule has 2 heterocycles. The molecule has 132 valence electrons. The topological polar surface area (TPSA) is 137 Å². The molecule has 26 heavy (non-hydrogen) atoms. The van der Waals surface area contributed by atoms with Crippen LogP contribution >= 0.6 is 11.6 Å². The number of rotatable bonds is 4. The first-order valence-corrected chi connectivity index (χ1v) is 7.76. The number of nitrogens with one attached hydrogen (secondary N) is 4. The van der Waals surface area contributed by atoms with E-state index in [0.29, 0.717) is 10.7 Å². The van der Waals surface area contributed by atoms with Gasteiger partial charge in [0.1, 0.15) is 5.65 Å². The van der Waals surface area contributed by atoms with Crippen molar-refractivity contribution in [1.29, 1.82) is 0 Å². The van der Waals surface area contributed by atoms with Gasteiger partial charge < -0.3 is 10.6 Å². The maximum Gasteiger partial charge on any atom is 0.327 e. The summed E-state index contributed by atoms with van der Waals surface area (Å²) < 4.78 is 0. The van der Waals surface area contributed by atoms with Crippen molar-refractivity contribution < 1.29 is 9.59 Å². The lowest BCUT2D eigenvalue weighted by molar-refractivity contribution is -0.115. The molecular weight excluding hydrogens is 362 g/mol. The fourth-order valence-corrected chi connectivity index (χ4v) is 2.30. The van der Waals surface area contributed by atoms with Crippen LogP contribution in [0.1, 0.15) is 10.4 Å². The van der Waals surface area contributed by atoms with E-state index in [1.165, 1.54) is 12.3 Å². The van der Waals surface area contributed by atoms with Gasteiger partial charge in [0.05, 0.1) is 17.5 Å². The highest BCUT2D eigenvalue weighted by Crippen LogP contribution is 2.13. The molecule has 0 unspecified atom stereocenters. The molecule has 3 rings (SSSR count). The molecule has 0 radical (unpaired) electrons. The van der Waals surface area contributed by atoms with E-state index in [-0.39, 0.29) is 23.1 Å². The molecule has 1 aromatic carbocycles. The molecular formula is C16H12ClN5O4. The van der Waals surface area contributed by atoms with E-state index in [4.69, 9.17) is 11.6 Å². The lowest BCUT2D eigenvalue weighted by Crippen LogP contribution is -2.33. The van der Waals surface area contributed by atoms with Crippen molar-refractivity contribution >= 4 is 40.1 Å². The predicted molar refractivity (Wildman–Crippen MR) is 95.4 cm³/mol. The van der Waals surface area contributed by atoms with Gasteiger partial charge in [-0.15, -0.1) is 0 Å². The Bertz CT molecular complexity index is 1100. The van der Waals surface area contributed by atoms with Crippen LogP contribution in [0.15, 0.2) is 46.1 Å². The van der Waals surface area contributed by atoms with Crippen LogP contribution in [0.3, 0.4) is 0 Å². The summed E-state index contributed by atoms with van der Waals surface area (Å²) in [5.74, 6) is -1.02. The van der Waals surface area contributed by atoms with Crippen LogP contribution in [0.5, 0.6) is 0 Å². The lowest BCUT2D eigenvalue weighted by atomic mass is 10.2. The van der Waals surface area contributed by atoms with Crippen LogP contribution < -0.4 is 21.9 Å². The third kappa shape index (κ3) is 3.95. The second kappa shape index (κ2) is 7.19. The van der Waals surface area contributed by atoms with Crippen molar-refractivity contribution in [2.75, 3.05) is 11.9 Å². The summed E-state index contributed by atoms with van der Waals surface area (Å²) >= 11 is 5.76. The maximum absolute atomic E-state index is 12.1. The van der Waals surface area contributed by atoms with E-state index >= 15 is 0 Å². The SMILES string of the molecule is O=C(CNC(=O)c1cnc2[nH]c(=O)[nH]c(=O)c2c1)Nc1ccc(Cl)cc1. The Kier molecular flexibility index (Phi) is 4.81. The van der Waals surface area contributed by atoms with Gasteiger partial charge in [0.25, 0.3) is 11.5 Å². The highest BCUT2D eigenvalue weighted by molar-refractivity contribution is 6.30. The summed E-state index contributed by atoms with van der Waals surface area (Å²) in [6, 6.07) is 7.78. The molecule has 10 heteroatoms. The van der Waals surface area contributed by atoms with Crippen molar-refractivity contribution in [1.82, 2.24) is 20.3 Å². The molecule has 3 aromatic rings. The maximum atomic E-state index is 12.1. The first kappa shape index (κ1) is 17.4. The van der Waals surface area contributed by atoms with Crippen LogP contribution in [0, 0.1) is 0 Å². The van der Waals surface area contributed by atoms with E-state index in [1.54, 1.807) is 24.3 Å². The molecule has 0 saturated carbocycles. The number of aromatic amines is 2. The van der Waals surface area contributed by atoms with Gasteiger partial charge in [0, 0.05) is 16.9 Å². The average Bonchev–Trinajstić information content (AvgIpc) is 2.61. The number of benzene rings is 1. The summed E-state index contributed by atoms with van der Waals surface area (Å²) in [6.07, 6.45) is 1.20. The number of nitrogens with zero attached hydrogens (tertiary/aromatic N) is 1. The van der Waals surface area contributed by atoms with Gasteiger partial charge in [-0.2, -0.15) is 0 Å². The number of hydrogen-bond donors (Lipinski definition) is 4. The third-order valence-corrected chi connectivity index (χ3v) is 3.64. The Labute approximate surface area is 150 Å². The van der Waals surface area contributed by atoms with Gasteiger partial charge in [-0.05, 0) is 30.3 Å². The van der Waals surface area contributed by atoms with Crippen molar-refractivity contribution in [3.63, 3.8) is 0 Å². The normalized spacial score (nSPS) is 10.5. The zero-order chi connectivity index (χ0) is 18.7. The predicted octanol–water partition coefficient (Wildman–Crippen LogP) is 0.633. The van der Waals surface area contributed by atoms with Crippen LogP contribution in [0.25, 0.3) is 11.0 Å². The van der Waals surface area contributed by atoms with Crippen molar-refractivity contribution in [3.8, 4) is 0 Å². The van der Waals surface area contributed by atoms with Crippen LogP contribution in [-0.2, 0) is 4.79 Å². The Hall–Kier alpha value is -3.46. The number of aromatic nitrogens is 3. The zero-order valence-corrected chi connectivity index (χ0v) is 13.9.